The smallest absolute Gasteiger partial charge is 0.0231 e. The maximum Gasteiger partial charge on any atom is 0.0231 e. The second kappa shape index (κ2) is 8.25. The van der Waals surface area contributed by atoms with Crippen LogP contribution in [0.4, 0.5) is 0 Å². The van der Waals surface area contributed by atoms with E-state index in [4.69, 9.17) is 0 Å². The molecule has 1 aromatic rings. The lowest BCUT2D eigenvalue weighted by atomic mass is 10.1. The first-order valence-corrected chi connectivity index (χ1v) is 6.73. The molecule has 3 nitrogen and oxygen atoms in total. The molecule has 0 amide bonds. The Morgan fingerprint density at radius 2 is 1.78 bits per heavy atom. The van der Waals surface area contributed by atoms with Crippen molar-refractivity contribution in [3.05, 3.63) is 35.4 Å². The summed E-state index contributed by atoms with van der Waals surface area (Å²) in [6, 6.07) is 8.85. The molecule has 0 aliphatic heterocycles. The van der Waals surface area contributed by atoms with Crippen LogP contribution in [0.25, 0.3) is 0 Å². The third kappa shape index (κ3) is 6.15. The molecule has 1 aromatic carbocycles. The van der Waals surface area contributed by atoms with Crippen LogP contribution in [0.3, 0.4) is 0 Å². The predicted octanol–water partition coefficient (Wildman–Crippen LogP) is 1.79. The Kier molecular flexibility index (Phi) is 6.94. The van der Waals surface area contributed by atoms with Gasteiger partial charge in [0, 0.05) is 26.2 Å². The van der Waals surface area contributed by atoms with Crippen molar-refractivity contribution in [1.29, 1.82) is 0 Å². The van der Waals surface area contributed by atoms with Crippen molar-refractivity contribution >= 4 is 0 Å². The third-order valence-corrected chi connectivity index (χ3v) is 2.95. The highest BCUT2D eigenvalue weighted by Gasteiger charge is 2.02. The molecule has 0 aliphatic carbocycles. The van der Waals surface area contributed by atoms with Crippen molar-refractivity contribution in [1.82, 2.24) is 15.1 Å². The minimum atomic E-state index is 0.964. The standard InChI is InChI=1S/C15H27N3/c1-5-16-12-14-7-6-8-15(11-14)13-18(4)10-9-17(2)3/h6-8,11,16H,5,9-10,12-13H2,1-4H3. The number of hydrogen-bond acceptors (Lipinski definition) is 3. The van der Waals surface area contributed by atoms with Crippen molar-refractivity contribution < 1.29 is 0 Å². The molecule has 0 radical (unpaired) electrons. The lowest BCUT2D eigenvalue weighted by Crippen LogP contribution is -2.28. The lowest BCUT2D eigenvalue weighted by molar-refractivity contribution is 0.276. The summed E-state index contributed by atoms with van der Waals surface area (Å²) < 4.78 is 0. The first-order valence-electron chi connectivity index (χ1n) is 6.73. The highest BCUT2D eigenvalue weighted by atomic mass is 15.1. The minimum Gasteiger partial charge on any atom is -0.313 e. The van der Waals surface area contributed by atoms with Gasteiger partial charge in [-0.3, -0.25) is 0 Å². The van der Waals surface area contributed by atoms with E-state index in [2.05, 4.69) is 67.4 Å². The first kappa shape index (κ1) is 15.2. The Balaban J connectivity index is 2.45. The van der Waals surface area contributed by atoms with Crippen molar-refractivity contribution in [2.24, 2.45) is 0 Å². The molecule has 0 saturated carbocycles. The average molecular weight is 249 g/mol. The van der Waals surface area contributed by atoms with E-state index in [1.807, 2.05) is 0 Å². The minimum absolute atomic E-state index is 0.964. The van der Waals surface area contributed by atoms with Gasteiger partial charge in [-0.05, 0) is 38.8 Å². The fraction of sp³-hybridized carbons (Fsp3) is 0.600. The lowest BCUT2D eigenvalue weighted by Gasteiger charge is -2.19. The van der Waals surface area contributed by atoms with Gasteiger partial charge in [0.25, 0.3) is 0 Å². The number of benzene rings is 1. The largest absolute Gasteiger partial charge is 0.313 e. The molecule has 0 unspecified atom stereocenters. The maximum absolute atomic E-state index is 3.36. The van der Waals surface area contributed by atoms with Gasteiger partial charge in [-0.1, -0.05) is 31.2 Å². The van der Waals surface area contributed by atoms with E-state index in [0.29, 0.717) is 0 Å². The second-order valence-corrected chi connectivity index (χ2v) is 5.14. The van der Waals surface area contributed by atoms with Crippen LogP contribution in [0.5, 0.6) is 0 Å². The van der Waals surface area contributed by atoms with E-state index in [1.165, 1.54) is 11.1 Å². The highest BCUT2D eigenvalue weighted by Crippen LogP contribution is 2.07. The van der Waals surface area contributed by atoms with Crippen LogP contribution in [0, 0.1) is 0 Å². The van der Waals surface area contributed by atoms with E-state index in [-0.39, 0.29) is 0 Å². The quantitative estimate of drug-likeness (QED) is 0.758. The second-order valence-electron chi connectivity index (χ2n) is 5.14. The molecule has 0 saturated heterocycles. The van der Waals surface area contributed by atoms with E-state index < -0.39 is 0 Å². The number of likely N-dealkylation sites (N-methyl/N-ethyl adjacent to an activating group) is 2. The van der Waals surface area contributed by atoms with E-state index in [9.17, 15) is 0 Å². The fourth-order valence-corrected chi connectivity index (χ4v) is 1.87. The van der Waals surface area contributed by atoms with Crippen LogP contribution in [0.1, 0.15) is 18.1 Å². The predicted molar refractivity (Wildman–Crippen MR) is 78.7 cm³/mol. The summed E-state index contributed by atoms with van der Waals surface area (Å²) in [6.45, 7) is 7.35. The molecule has 0 aromatic heterocycles. The van der Waals surface area contributed by atoms with Gasteiger partial charge in [-0.25, -0.2) is 0 Å². The fourth-order valence-electron chi connectivity index (χ4n) is 1.87. The molecule has 18 heavy (non-hydrogen) atoms. The molecule has 0 spiro atoms. The van der Waals surface area contributed by atoms with Gasteiger partial charge in [0.15, 0.2) is 0 Å². The molecule has 1 N–H and O–H groups in total. The van der Waals surface area contributed by atoms with Crippen molar-refractivity contribution in [2.45, 2.75) is 20.0 Å². The Hall–Kier alpha value is -0.900. The summed E-state index contributed by atoms with van der Waals surface area (Å²) >= 11 is 0. The van der Waals surface area contributed by atoms with E-state index in [0.717, 1.165) is 32.7 Å². The Morgan fingerprint density at radius 1 is 1.06 bits per heavy atom. The van der Waals surface area contributed by atoms with Gasteiger partial charge < -0.3 is 15.1 Å². The Morgan fingerprint density at radius 3 is 2.44 bits per heavy atom. The van der Waals surface area contributed by atoms with Gasteiger partial charge in [0.2, 0.25) is 0 Å². The Labute approximate surface area is 112 Å². The summed E-state index contributed by atoms with van der Waals surface area (Å²) in [5, 5.41) is 3.36. The van der Waals surface area contributed by atoms with Crippen molar-refractivity contribution in [3.8, 4) is 0 Å². The van der Waals surface area contributed by atoms with Crippen LogP contribution in [0.15, 0.2) is 24.3 Å². The topological polar surface area (TPSA) is 18.5 Å². The summed E-state index contributed by atoms with van der Waals surface area (Å²) in [5.41, 5.74) is 2.77. The number of hydrogen-bond donors (Lipinski definition) is 1. The zero-order valence-corrected chi connectivity index (χ0v) is 12.2. The highest BCUT2D eigenvalue weighted by molar-refractivity contribution is 5.23. The van der Waals surface area contributed by atoms with Crippen LogP contribution in [0.2, 0.25) is 0 Å². The summed E-state index contributed by atoms with van der Waals surface area (Å²) in [6.07, 6.45) is 0. The number of nitrogens with zero attached hydrogens (tertiary/aromatic N) is 2. The van der Waals surface area contributed by atoms with E-state index >= 15 is 0 Å². The molecule has 0 bridgehead atoms. The molecule has 102 valence electrons. The van der Waals surface area contributed by atoms with Crippen molar-refractivity contribution in [2.75, 3.05) is 40.8 Å². The molecule has 0 heterocycles. The van der Waals surface area contributed by atoms with Crippen LogP contribution < -0.4 is 5.32 Å². The normalized spacial score (nSPS) is 11.4. The van der Waals surface area contributed by atoms with Crippen LogP contribution in [-0.2, 0) is 13.1 Å². The SMILES string of the molecule is CCNCc1cccc(CN(C)CCN(C)C)c1. The molecule has 3 heteroatoms. The Bertz CT molecular complexity index is 336. The maximum atomic E-state index is 3.36. The van der Waals surface area contributed by atoms with Crippen LogP contribution in [-0.4, -0.2) is 50.6 Å². The van der Waals surface area contributed by atoms with Gasteiger partial charge in [-0.2, -0.15) is 0 Å². The van der Waals surface area contributed by atoms with Gasteiger partial charge in [0.05, 0.1) is 0 Å². The zero-order chi connectivity index (χ0) is 13.4. The number of nitrogens with one attached hydrogen (secondary N) is 1. The van der Waals surface area contributed by atoms with Gasteiger partial charge >= 0.3 is 0 Å². The van der Waals surface area contributed by atoms with Crippen molar-refractivity contribution in [3.63, 3.8) is 0 Å². The zero-order valence-electron chi connectivity index (χ0n) is 12.2. The first-order chi connectivity index (χ1) is 8.61. The summed E-state index contributed by atoms with van der Waals surface area (Å²) in [7, 11) is 6.41. The van der Waals surface area contributed by atoms with Gasteiger partial charge in [0.1, 0.15) is 0 Å². The summed E-state index contributed by atoms with van der Waals surface area (Å²) in [4.78, 5) is 4.59. The summed E-state index contributed by atoms with van der Waals surface area (Å²) in [5.74, 6) is 0. The van der Waals surface area contributed by atoms with Crippen LogP contribution >= 0.6 is 0 Å². The third-order valence-electron chi connectivity index (χ3n) is 2.95. The molecule has 0 fully saturated rings. The molecule has 0 aliphatic rings. The molecule has 0 atom stereocenters. The number of rotatable bonds is 8. The van der Waals surface area contributed by atoms with E-state index in [1.54, 1.807) is 0 Å². The molecule has 1 rings (SSSR count). The molecular formula is C15H27N3. The monoisotopic (exact) mass is 249 g/mol. The van der Waals surface area contributed by atoms with Gasteiger partial charge in [-0.15, -0.1) is 0 Å². The average Bonchev–Trinajstić information content (AvgIpc) is 2.34. The molecular weight excluding hydrogens is 222 g/mol.